The summed E-state index contributed by atoms with van der Waals surface area (Å²) >= 11 is 1.40. The van der Waals surface area contributed by atoms with Crippen molar-refractivity contribution in [3.63, 3.8) is 0 Å². The number of aromatic nitrogens is 2. The molecule has 0 saturated carbocycles. The van der Waals surface area contributed by atoms with Crippen LogP contribution in [0.3, 0.4) is 0 Å². The largest absolute Gasteiger partial charge is 0.457 e. The molecule has 0 aliphatic rings. The highest BCUT2D eigenvalue weighted by atomic mass is 32.2. The molecule has 0 bridgehead atoms. The van der Waals surface area contributed by atoms with Crippen LogP contribution in [-0.2, 0) is 4.79 Å². The fourth-order valence-electron chi connectivity index (χ4n) is 2.85. The van der Waals surface area contributed by atoms with E-state index in [1.54, 1.807) is 0 Å². The van der Waals surface area contributed by atoms with Gasteiger partial charge in [-0.25, -0.2) is 4.98 Å². The number of hydrogen-bond donors (Lipinski definition) is 2. The molecule has 0 spiro atoms. The predicted octanol–water partition coefficient (Wildman–Crippen LogP) is 5.78. The second-order valence-corrected chi connectivity index (χ2v) is 8.08. The number of nitrogens with zero attached hydrogens (tertiary/aromatic N) is 1. The number of amides is 1. The Morgan fingerprint density at radius 2 is 1.76 bits per heavy atom. The maximum Gasteiger partial charge on any atom is 0.237 e. The van der Waals surface area contributed by atoms with Crippen LogP contribution in [-0.4, -0.2) is 21.1 Å². The predicted molar refractivity (Wildman–Crippen MR) is 118 cm³/mol. The van der Waals surface area contributed by atoms with E-state index in [2.05, 4.69) is 21.4 Å². The first-order valence-corrected chi connectivity index (χ1v) is 10.2. The molecule has 2 N–H and O–H groups in total. The molecule has 0 radical (unpaired) electrons. The Labute approximate surface area is 173 Å². The second kappa shape index (κ2) is 8.41. The minimum Gasteiger partial charge on any atom is -0.457 e. The normalized spacial score (nSPS) is 11.9. The van der Waals surface area contributed by atoms with Gasteiger partial charge in [-0.05, 0) is 67.9 Å². The third kappa shape index (κ3) is 4.78. The number of imidazole rings is 1. The lowest BCUT2D eigenvalue weighted by Gasteiger charge is -2.11. The van der Waals surface area contributed by atoms with Gasteiger partial charge in [0.25, 0.3) is 0 Å². The van der Waals surface area contributed by atoms with Crippen molar-refractivity contribution in [2.75, 3.05) is 5.32 Å². The molecule has 1 atom stereocenters. The van der Waals surface area contributed by atoms with Gasteiger partial charge in [0.05, 0.1) is 16.3 Å². The summed E-state index contributed by atoms with van der Waals surface area (Å²) in [5.41, 5.74) is 3.78. The Bertz CT molecular complexity index is 1120. The lowest BCUT2D eigenvalue weighted by Crippen LogP contribution is -2.22. The van der Waals surface area contributed by atoms with E-state index in [4.69, 9.17) is 4.74 Å². The van der Waals surface area contributed by atoms with Crippen LogP contribution in [0.15, 0.2) is 78.0 Å². The zero-order valence-corrected chi connectivity index (χ0v) is 17.0. The number of benzene rings is 3. The number of nitrogens with one attached hydrogen (secondary N) is 2. The summed E-state index contributed by atoms with van der Waals surface area (Å²) in [6.07, 6.45) is 0. The minimum absolute atomic E-state index is 0.0802. The Morgan fingerprint density at radius 1 is 1.03 bits per heavy atom. The third-order valence-electron chi connectivity index (χ3n) is 4.37. The van der Waals surface area contributed by atoms with E-state index in [0.717, 1.165) is 27.6 Å². The number of H-pyrrole nitrogens is 1. The second-order valence-electron chi connectivity index (χ2n) is 6.75. The van der Waals surface area contributed by atoms with E-state index in [1.165, 1.54) is 17.3 Å². The molecule has 5 nitrogen and oxygen atoms in total. The van der Waals surface area contributed by atoms with Gasteiger partial charge in [0.15, 0.2) is 5.16 Å². The quantitative estimate of drug-likeness (QED) is 0.400. The number of carbonyl (C=O) groups is 1. The van der Waals surface area contributed by atoms with Gasteiger partial charge >= 0.3 is 0 Å². The van der Waals surface area contributed by atoms with Gasteiger partial charge in [-0.1, -0.05) is 36.0 Å². The zero-order valence-electron chi connectivity index (χ0n) is 16.2. The SMILES string of the molecule is Cc1ccc2nc(S[C@H](C)C(=O)Nc3ccc(Oc4ccccc4)cc3)[nH]c2c1. The van der Waals surface area contributed by atoms with Gasteiger partial charge in [-0.2, -0.15) is 0 Å². The Balaban J connectivity index is 1.36. The van der Waals surface area contributed by atoms with Gasteiger partial charge in [0.2, 0.25) is 5.91 Å². The van der Waals surface area contributed by atoms with Crippen molar-refractivity contribution in [3.8, 4) is 11.5 Å². The van der Waals surface area contributed by atoms with Crippen molar-refractivity contribution in [1.82, 2.24) is 9.97 Å². The zero-order chi connectivity index (χ0) is 20.2. The van der Waals surface area contributed by atoms with Gasteiger partial charge in [0.1, 0.15) is 11.5 Å². The van der Waals surface area contributed by atoms with E-state index >= 15 is 0 Å². The van der Waals surface area contributed by atoms with E-state index < -0.39 is 0 Å². The van der Waals surface area contributed by atoms with Gasteiger partial charge < -0.3 is 15.0 Å². The van der Waals surface area contributed by atoms with Gasteiger partial charge in [0, 0.05) is 5.69 Å². The Morgan fingerprint density at radius 3 is 2.52 bits per heavy atom. The average molecular weight is 404 g/mol. The highest BCUT2D eigenvalue weighted by Gasteiger charge is 2.17. The van der Waals surface area contributed by atoms with Crippen molar-refractivity contribution in [1.29, 1.82) is 0 Å². The molecule has 0 saturated heterocycles. The Hall–Kier alpha value is -3.25. The van der Waals surface area contributed by atoms with Crippen LogP contribution in [0.2, 0.25) is 0 Å². The maximum absolute atomic E-state index is 12.6. The van der Waals surface area contributed by atoms with E-state index in [1.807, 2.05) is 80.6 Å². The molecule has 0 aliphatic heterocycles. The number of para-hydroxylation sites is 1. The number of rotatable bonds is 6. The van der Waals surface area contributed by atoms with Crippen LogP contribution in [0.1, 0.15) is 12.5 Å². The molecular formula is C23H21N3O2S. The molecule has 3 aromatic carbocycles. The van der Waals surface area contributed by atoms with E-state index in [9.17, 15) is 4.79 Å². The highest BCUT2D eigenvalue weighted by Crippen LogP contribution is 2.26. The molecule has 1 amide bonds. The topological polar surface area (TPSA) is 67.0 Å². The smallest absolute Gasteiger partial charge is 0.237 e. The van der Waals surface area contributed by atoms with Gasteiger partial charge in [-0.15, -0.1) is 0 Å². The summed E-state index contributed by atoms with van der Waals surface area (Å²) in [6, 6.07) is 23.0. The molecule has 6 heteroatoms. The standard InChI is InChI=1S/C23H21N3O2S/c1-15-8-13-20-21(14-15)26-23(25-20)29-16(2)22(27)24-17-9-11-19(12-10-17)28-18-6-4-3-5-7-18/h3-14,16H,1-2H3,(H,24,27)(H,25,26)/t16-/m1/s1. The first-order chi connectivity index (χ1) is 14.1. The number of thioether (sulfide) groups is 1. The van der Waals surface area contributed by atoms with Crippen LogP contribution in [0.4, 0.5) is 5.69 Å². The Kier molecular flexibility index (Phi) is 5.53. The van der Waals surface area contributed by atoms with Gasteiger partial charge in [-0.3, -0.25) is 4.79 Å². The highest BCUT2D eigenvalue weighted by molar-refractivity contribution is 8.00. The molecule has 29 heavy (non-hydrogen) atoms. The third-order valence-corrected chi connectivity index (χ3v) is 5.36. The van der Waals surface area contributed by atoms with Crippen LogP contribution < -0.4 is 10.1 Å². The number of ether oxygens (including phenoxy) is 1. The molecule has 0 fully saturated rings. The minimum atomic E-state index is -0.295. The summed E-state index contributed by atoms with van der Waals surface area (Å²) in [6.45, 7) is 3.91. The fraction of sp³-hybridized carbons (Fsp3) is 0.130. The molecule has 0 aliphatic carbocycles. The van der Waals surface area contributed by atoms with Crippen molar-refractivity contribution in [2.24, 2.45) is 0 Å². The number of hydrogen-bond acceptors (Lipinski definition) is 4. The molecular weight excluding hydrogens is 382 g/mol. The first-order valence-electron chi connectivity index (χ1n) is 9.34. The number of fused-ring (bicyclic) bond motifs is 1. The van der Waals surface area contributed by atoms with Crippen molar-refractivity contribution in [3.05, 3.63) is 78.4 Å². The summed E-state index contributed by atoms with van der Waals surface area (Å²) in [7, 11) is 0. The number of aryl methyl sites for hydroxylation is 1. The molecule has 0 unspecified atom stereocenters. The van der Waals surface area contributed by atoms with Crippen molar-refractivity contribution >= 4 is 34.4 Å². The monoisotopic (exact) mass is 403 g/mol. The van der Waals surface area contributed by atoms with Crippen molar-refractivity contribution < 1.29 is 9.53 Å². The molecule has 1 aromatic heterocycles. The number of anilines is 1. The summed E-state index contributed by atoms with van der Waals surface area (Å²) in [4.78, 5) is 20.4. The summed E-state index contributed by atoms with van der Waals surface area (Å²) in [5.74, 6) is 1.41. The fourth-order valence-corrected chi connectivity index (χ4v) is 3.67. The number of aromatic amines is 1. The van der Waals surface area contributed by atoms with Crippen LogP contribution in [0.5, 0.6) is 11.5 Å². The molecule has 4 aromatic rings. The van der Waals surface area contributed by atoms with Crippen LogP contribution in [0.25, 0.3) is 11.0 Å². The summed E-state index contributed by atoms with van der Waals surface area (Å²) in [5, 5.41) is 3.38. The van der Waals surface area contributed by atoms with Crippen LogP contribution >= 0.6 is 11.8 Å². The molecule has 146 valence electrons. The average Bonchev–Trinajstić information content (AvgIpc) is 3.11. The molecule has 4 rings (SSSR count). The van der Waals surface area contributed by atoms with E-state index in [-0.39, 0.29) is 11.2 Å². The summed E-state index contributed by atoms with van der Waals surface area (Å²) < 4.78 is 5.77. The van der Waals surface area contributed by atoms with Crippen LogP contribution in [0, 0.1) is 6.92 Å². The van der Waals surface area contributed by atoms with Crippen molar-refractivity contribution in [2.45, 2.75) is 24.3 Å². The number of carbonyl (C=O) groups excluding carboxylic acids is 1. The first kappa shape index (κ1) is 19.1. The lowest BCUT2D eigenvalue weighted by atomic mass is 10.2. The lowest BCUT2D eigenvalue weighted by molar-refractivity contribution is -0.115. The molecule has 1 heterocycles. The maximum atomic E-state index is 12.6. The van der Waals surface area contributed by atoms with E-state index in [0.29, 0.717) is 5.75 Å².